The van der Waals surface area contributed by atoms with Gasteiger partial charge in [-0.25, -0.2) is 10.5 Å². The van der Waals surface area contributed by atoms with Gasteiger partial charge in [-0.3, -0.25) is 10.0 Å². The van der Waals surface area contributed by atoms with Crippen LogP contribution < -0.4 is 5.48 Å². The summed E-state index contributed by atoms with van der Waals surface area (Å²) in [7, 11) is 0. The molecule has 0 aliphatic heterocycles. The van der Waals surface area contributed by atoms with Gasteiger partial charge in [0.25, 0.3) is 5.91 Å². The van der Waals surface area contributed by atoms with Crippen LogP contribution in [0.25, 0.3) is 33.3 Å². The van der Waals surface area contributed by atoms with Crippen LogP contribution in [0.2, 0.25) is 0 Å². The van der Waals surface area contributed by atoms with E-state index in [1.165, 1.54) is 0 Å². The maximum absolute atomic E-state index is 11.5. The Kier molecular flexibility index (Phi) is 2.70. The standard InChI is InChI=1S/C16H12N4O2/c21-16(20-22)11-2-4-13-14(8-11)19-15(18-13)10-1-3-12-9(7-10)5-6-17-12/h1-8,17,22H,(H,18,19)(H,20,21). The Morgan fingerprint density at radius 3 is 2.86 bits per heavy atom. The second kappa shape index (κ2) is 4.71. The summed E-state index contributed by atoms with van der Waals surface area (Å²) in [4.78, 5) is 22.3. The summed E-state index contributed by atoms with van der Waals surface area (Å²) in [6.07, 6.45) is 1.90. The number of rotatable bonds is 2. The van der Waals surface area contributed by atoms with Crippen molar-refractivity contribution >= 4 is 27.8 Å². The molecule has 6 nitrogen and oxygen atoms in total. The number of fused-ring (bicyclic) bond motifs is 2. The molecule has 2 heterocycles. The number of H-pyrrole nitrogens is 2. The Morgan fingerprint density at radius 1 is 1.09 bits per heavy atom. The molecule has 4 N–H and O–H groups in total. The lowest BCUT2D eigenvalue weighted by Gasteiger charge is -1.97. The second-order valence-electron chi connectivity index (χ2n) is 5.04. The van der Waals surface area contributed by atoms with Gasteiger partial charge in [0.15, 0.2) is 0 Å². The molecule has 0 aliphatic rings. The molecular weight excluding hydrogens is 280 g/mol. The minimum Gasteiger partial charge on any atom is -0.361 e. The molecule has 108 valence electrons. The van der Waals surface area contributed by atoms with E-state index in [2.05, 4.69) is 15.0 Å². The van der Waals surface area contributed by atoms with E-state index in [0.29, 0.717) is 5.56 Å². The molecule has 2 aromatic carbocycles. The first-order valence-electron chi connectivity index (χ1n) is 6.76. The van der Waals surface area contributed by atoms with Crippen molar-refractivity contribution in [1.82, 2.24) is 20.4 Å². The van der Waals surface area contributed by atoms with Crippen molar-refractivity contribution in [2.24, 2.45) is 0 Å². The molecule has 0 saturated carbocycles. The number of hydrogen-bond acceptors (Lipinski definition) is 3. The topological polar surface area (TPSA) is 93.8 Å². The molecule has 4 aromatic rings. The Bertz CT molecular complexity index is 1000. The number of aromatic nitrogens is 3. The number of carbonyl (C=O) groups excluding carboxylic acids is 1. The number of amides is 1. The molecule has 0 unspecified atom stereocenters. The summed E-state index contributed by atoms with van der Waals surface area (Å²) < 4.78 is 0. The second-order valence-corrected chi connectivity index (χ2v) is 5.04. The fourth-order valence-electron chi connectivity index (χ4n) is 2.55. The van der Waals surface area contributed by atoms with Gasteiger partial charge in [0.2, 0.25) is 0 Å². The summed E-state index contributed by atoms with van der Waals surface area (Å²) in [6, 6.07) is 13.1. The highest BCUT2D eigenvalue weighted by molar-refractivity contribution is 5.97. The van der Waals surface area contributed by atoms with E-state index in [9.17, 15) is 4.79 Å². The van der Waals surface area contributed by atoms with Crippen molar-refractivity contribution in [3.8, 4) is 11.4 Å². The lowest BCUT2D eigenvalue weighted by molar-refractivity contribution is 0.0706. The lowest BCUT2D eigenvalue weighted by atomic mass is 10.1. The van der Waals surface area contributed by atoms with E-state index in [0.717, 1.165) is 33.3 Å². The van der Waals surface area contributed by atoms with E-state index >= 15 is 0 Å². The third-order valence-corrected chi connectivity index (χ3v) is 3.67. The predicted octanol–water partition coefficient (Wildman–Crippen LogP) is 2.83. The lowest BCUT2D eigenvalue weighted by Crippen LogP contribution is -2.18. The monoisotopic (exact) mass is 292 g/mol. The zero-order valence-corrected chi connectivity index (χ0v) is 11.4. The molecule has 0 radical (unpaired) electrons. The zero-order valence-electron chi connectivity index (χ0n) is 11.4. The molecule has 0 aliphatic carbocycles. The fraction of sp³-hybridized carbons (Fsp3) is 0. The number of imidazole rings is 1. The number of benzene rings is 2. The Hall–Kier alpha value is -3.12. The maximum atomic E-state index is 11.5. The van der Waals surface area contributed by atoms with Crippen LogP contribution in [-0.2, 0) is 0 Å². The van der Waals surface area contributed by atoms with Gasteiger partial charge in [0.05, 0.1) is 11.0 Å². The molecule has 0 bridgehead atoms. The highest BCUT2D eigenvalue weighted by atomic mass is 16.5. The molecule has 4 rings (SSSR count). The highest BCUT2D eigenvalue weighted by Crippen LogP contribution is 2.24. The largest absolute Gasteiger partial charge is 0.361 e. The van der Waals surface area contributed by atoms with Gasteiger partial charge in [-0.1, -0.05) is 0 Å². The summed E-state index contributed by atoms with van der Waals surface area (Å²) in [5, 5.41) is 9.80. The van der Waals surface area contributed by atoms with Crippen LogP contribution in [0.4, 0.5) is 0 Å². The van der Waals surface area contributed by atoms with Crippen LogP contribution in [0.1, 0.15) is 10.4 Å². The van der Waals surface area contributed by atoms with Crippen molar-refractivity contribution in [3.63, 3.8) is 0 Å². The molecule has 2 aromatic heterocycles. The summed E-state index contributed by atoms with van der Waals surface area (Å²) >= 11 is 0. The summed E-state index contributed by atoms with van der Waals surface area (Å²) in [5.74, 6) is 0.187. The van der Waals surface area contributed by atoms with Crippen LogP contribution >= 0.6 is 0 Å². The number of aromatic amines is 2. The van der Waals surface area contributed by atoms with E-state index in [-0.39, 0.29) is 0 Å². The average Bonchev–Trinajstić information content (AvgIpc) is 3.18. The minimum atomic E-state index is -0.549. The van der Waals surface area contributed by atoms with Crippen LogP contribution in [0.15, 0.2) is 48.7 Å². The molecule has 0 atom stereocenters. The quantitative estimate of drug-likeness (QED) is 0.338. The first kappa shape index (κ1) is 12.6. The van der Waals surface area contributed by atoms with Gasteiger partial charge < -0.3 is 9.97 Å². The normalized spacial score (nSPS) is 11.1. The SMILES string of the molecule is O=C(NO)c1ccc2nc(-c3ccc4[nH]ccc4c3)[nH]c2c1. The van der Waals surface area contributed by atoms with Gasteiger partial charge in [0.1, 0.15) is 5.82 Å². The smallest absolute Gasteiger partial charge is 0.274 e. The molecule has 1 amide bonds. The molecule has 0 spiro atoms. The Morgan fingerprint density at radius 2 is 2.00 bits per heavy atom. The first-order chi connectivity index (χ1) is 10.7. The Balaban J connectivity index is 1.82. The third kappa shape index (κ3) is 1.94. The van der Waals surface area contributed by atoms with Crippen molar-refractivity contribution in [3.05, 3.63) is 54.2 Å². The number of hydrogen-bond donors (Lipinski definition) is 4. The highest BCUT2D eigenvalue weighted by Gasteiger charge is 2.10. The number of hydroxylamine groups is 1. The summed E-state index contributed by atoms with van der Waals surface area (Å²) in [6.45, 7) is 0. The van der Waals surface area contributed by atoms with Crippen molar-refractivity contribution in [2.75, 3.05) is 0 Å². The Labute approximate surface area is 124 Å². The maximum Gasteiger partial charge on any atom is 0.274 e. The molecule has 0 fully saturated rings. The van der Waals surface area contributed by atoms with E-state index < -0.39 is 5.91 Å². The van der Waals surface area contributed by atoms with Crippen LogP contribution in [0.3, 0.4) is 0 Å². The van der Waals surface area contributed by atoms with E-state index in [4.69, 9.17) is 5.21 Å². The van der Waals surface area contributed by atoms with Crippen LogP contribution in [0.5, 0.6) is 0 Å². The van der Waals surface area contributed by atoms with Crippen molar-refractivity contribution < 1.29 is 10.0 Å². The molecular formula is C16H12N4O2. The number of nitrogens with zero attached hydrogens (tertiary/aromatic N) is 1. The molecule has 0 saturated heterocycles. The van der Waals surface area contributed by atoms with Crippen LogP contribution in [-0.4, -0.2) is 26.1 Å². The van der Waals surface area contributed by atoms with Gasteiger partial charge in [-0.05, 0) is 42.5 Å². The zero-order chi connectivity index (χ0) is 15.1. The van der Waals surface area contributed by atoms with E-state index in [1.54, 1.807) is 23.7 Å². The first-order valence-corrected chi connectivity index (χ1v) is 6.76. The van der Waals surface area contributed by atoms with Gasteiger partial charge in [-0.15, -0.1) is 0 Å². The minimum absolute atomic E-state index is 0.367. The molecule has 6 heteroatoms. The van der Waals surface area contributed by atoms with Gasteiger partial charge >= 0.3 is 0 Å². The molecule has 22 heavy (non-hydrogen) atoms. The summed E-state index contributed by atoms with van der Waals surface area (Å²) in [5.41, 5.74) is 5.54. The predicted molar refractivity (Wildman–Crippen MR) is 82.6 cm³/mol. The third-order valence-electron chi connectivity index (χ3n) is 3.67. The van der Waals surface area contributed by atoms with Crippen molar-refractivity contribution in [2.45, 2.75) is 0 Å². The average molecular weight is 292 g/mol. The number of nitrogens with one attached hydrogen (secondary N) is 3. The van der Waals surface area contributed by atoms with Crippen molar-refractivity contribution in [1.29, 1.82) is 0 Å². The van der Waals surface area contributed by atoms with Gasteiger partial charge in [-0.2, -0.15) is 0 Å². The fourth-order valence-corrected chi connectivity index (χ4v) is 2.55. The van der Waals surface area contributed by atoms with E-state index in [1.807, 2.05) is 30.5 Å². The number of carbonyl (C=O) groups is 1. The van der Waals surface area contributed by atoms with Gasteiger partial charge in [0, 0.05) is 28.2 Å². The van der Waals surface area contributed by atoms with Crippen LogP contribution in [0, 0.1) is 0 Å².